The predicted molar refractivity (Wildman–Crippen MR) is 85.2 cm³/mol. The number of aryl methyl sites for hydroxylation is 1. The number of rotatable bonds is 3. The lowest BCUT2D eigenvalue weighted by atomic mass is 10.1. The van der Waals surface area contributed by atoms with Gasteiger partial charge in [0.05, 0.1) is 18.2 Å². The number of benzene rings is 1. The summed E-state index contributed by atoms with van der Waals surface area (Å²) in [7, 11) is 1.50. The van der Waals surface area contributed by atoms with Crippen molar-refractivity contribution in [1.82, 2.24) is 10.9 Å². The molecule has 1 aliphatic carbocycles. The van der Waals surface area contributed by atoms with Gasteiger partial charge in [-0.3, -0.25) is 10.2 Å². The number of nitrogens with one attached hydrogen (secondary N) is 3. The maximum absolute atomic E-state index is 11.9. The molecule has 0 aliphatic heterocycles. The van der Waals surface area contributed by atoms with Gasteiger partial charge in [-0.25, -0.2) is 10.2 Å². The van der Waals surface area contributed by atoms with Crippen LogP contribution in [-0.2, 0) is 4.79 Å². The van der Waals surface area contributed by atoms with E-state index in [0.717, 1.165) is 5.56 Å². The molecular weight excluding hydrogens is 329 g/mol. The van der Waals surface area contributed by atoms with E-state index in [1.165, 1.54) is 7.11 Å². The largest absolute Gasteiger partial charge is 0.495 e. The zero-order chi connectivity index (χ0) is 16.5. The molecule has 0 heterocycles. The third-order valence-electron chi connectivity index (χ3n) is 3.65. The first-order valence-electron chi connectivity index (χ1n) is 6.59. The molecule has 1 saturated carbocycles. The van der Waals surface area contributed by atoms with E-state index in [0.29, 0.717) is 17.9 Å². The maximum atomic E-state index is 11.9. The fraction of sp³-hybridized carbons (Fsp3) is 0.429. The van der Waals surface area contributed by atoms with Gasteiger partial charge in [0, 0.05) is 0 Å². The standard InChI is InChI=1S/C14H17Cl2N3O3/c1-8-4-5-10(22-3)9(6-8)17-12(21)19-18-11(20)13(2)7-14(13,15)16/h4-6H,7H2,1-3H3,(H,18,20)(H2,17,19,21)/t13-/m1/s1. The molecule has 3 amide bonds. The van der Waals surface area contributed by atoms with Crippen molar-refractivity contribution in [2.75, 3.05) is 12.4 Å². The Kier molecular flexibility index (Phi) is 4.44. The first kappa shape index (κ1) is 16.7. The summed E-state index contributed by atoms with van der Waals surface area (Å²) in [5, 5.41) is 2.59. The van der Waals surface area contributed by atoms with E-state index in [2.05, 4.69) is 16.2 Å². The molecule has 6 nitrogen and oxygen atoms in total. The number of urea groups is 1. The number of anilines is 1. The number of carbonyl (C=O) groups excluding carboxylic acids is 2. The highest BCUT2D eigenvalue weighted by Crippen LogP contribution is 2.63. The van der Waals surface area contributed by atoms with Gasteiger partial charge >= 0.3 is 6.03 Å². The number of ether oxygens (including phenoxy) is 1. The van der Waals surface area contributed by atoms with Crippen molar-refractivity contribution in [1.29, 1.82) is 0 Å². The lowest BCUT2D eigenvalue weighted by Crippen LogP contribution is -2.47. The Hall–Kier alpha value is -1.66. The molecule has 1 atom stereocenters. The molecule has 0 radical (unpaired) electrons. The minimum absolute atomic E-state index is 0.337. The molecule has 1 aromatic carbocycles. The lowest BCUT2D eigenvalue weighted by molar-refractivity contribution is -0.126. The van der Waals surface area contributed by atoms with E-state index in [1.807, 2.05) is 13.0 Å². The van der Waals surface area contributed by atoms with Crippen LogP contribution in [0.4, 0.5) is 10.5 Å². The summed E-state index contributed by atoms with van der Waals surface area (Å²) < 4.78 is 4.07. The summed E-state index contributed by atoms with van der Waals surface area (Å²) in [5.41, 5.74) is 5.12. The number of hydrogen-bond donors (Lipinski definition) is 3. The van der Waals surface area contributed by atoms with E-state index in [4.69, 9.17) is 27.9 Å². The highest BCUT2D eigenvalue weighted by molar-refractivity contribution is 6.53. The minimum Gasteiger partial charge on any atom is -0.495 e. The second-order valence-corrected chi connectivity index (χ2v) is 6.93. The molecule has 0 aromatic heterocycles. The molecule has 22 heavy (non-hydrogen) atoms. The quantitative estimate of drug-likeness (QED) is 0.582. The Morgan fingerprint density at radius 3 is 2.45 bits per heavy atom. The number of methoxy groups -OCH3 is 1. The third-order valence-corrected chi connectivity index (χ3v) is 4.75. The van der Waals surface area contributed by atoms with Crippen molar-refractivity contribution < 1.29 is 14.3 Å². The first-order valence-corrected chi connectivity index (χ1v) is 7.35. The Morgan fingerprint density at radius 1 is 1.27 bits per heavy atom. The highest BCUT2D eigenvalue weighted by atomic mass is 35.5. The molecule has 0 bridgehead atoms. The summed E-state index contributed by atoms with van der Waals surface area (Å²) in [5.74, 6) is 0.0746. The average Bonchev–Trinajstić information content (AvgIpc) is 2.96. The van der Waals surface area contributed by atoms with Crippen LogP contribution in [0.25, 0.3) is 0 Å². The smallest absolute Gasteiger partial charge is 0.338 e. The van der Waals surface area contributed by atoms with E-state index in [1.54, 1.807) is 19.1 Å². The molecule has 0 unspecified atom stereocenters. The average molecular weight is 346 g/mol. The summed E-state index contributed by atoms with van der Waals surface area (Å²) >= 11 is 11.8. The number of hydrazine groups is 1. The van der Waals surface area contributed by atoms with Gasteiger partial charge in [0.25, 0.3) is 0 Å². The van der Waals surface area contributed by atoms with Gasteiger partial charge in [0.1, 0.15) is 10.1 Å². The summed E-state index contributed by atoms with van der Waals surface area (Å²) in [6, 6.07) is 4.75. The van der Waals surface area contributed by atoms with Gasteiger partial charge in [-0.1, -0.05) is 6.07 Å². The fourth-order valence-electron chi connectivity index (χ4n) is 1.97. The van der Waals surface area contributed by atoms with E-state index in [9.17, 15) is 9.59 Å². The van der Waals surface area contributed by atoms with Gasteiger partial charge in [0.15, 0.2) is 0 Å². The lowest BCUT2D eigenvalue weighted by Gasteiger charge is -2.15. The summed E-state index contributed by atoms with van der Waals surface area (Å²) in [6.45, 7) is 3.52. The van der Waals surface area contributed by atoms with Crippen LogP contribution >= 0.6 is 23.2 Å². The Labute approximate surface area is 138 Å². The molecule has 120 valence electrons. The van der Waals surface area contributed by atoms with Gasteiger partial charge in [-0.2, -0.15) is 0 Å². The monoisotopic (exact) mass is 345 g/mol. The highest BCUT2D eigenvalue weighted by Gasteiger charge is 2.68. The summed E-state index contributed by atoms with van der Waals surface area (Å²) in [4.78, 5) is 23.8. The van der Waals surface area contributed by atoms with Crippen LogP contribution in [0.1, 0.15) is 18.9 Å². The Morgan fingerprint density at radius 2 is 1.91 bits per heavy atom. The number of carbonyl (C=O) groups is 2. The zero-order valence-electron chi connectivity index (χ0n) is 12.4. The van der Waals surface area contributed by atoms with Gasteiger partial charge in [-0.05, 0) is 38.0 Å². The molecule has 1 aliphatic rings. The van der Waals surface area contributed by atoms with Crippen molar-refractivity contribution in [3.05, 3.63) is 23.8 Å². The van der Waals surface area contributed by atoms with Crippen LogP contribution in [0.2, 0.25) is 0 Å². The Balaban J connectivity index is 1.92. The van der Waals surface area contributed by atoms with Crippen LogP contribution in [-0.4, -0.2) is 23.4 Å². The molecular formula is C14H17Cl2N3O3. The van der Waals surface area contributed by atoms with Crippen LogP contribution in [0.3, 0.4) is 0 Å². The number of halogens is 2. The van der Waals surface area contributed by atoms with Crippen molar-refractivity contribution in [3.63, 3.8) is 0 Å². The molecule has 0 spiro atoms. The number of alkyl halides is 2. The van der Waals surface area contributed by atoms with E-state index >= 15 is 0 Å². The molecule has 0 saturated heterocycles. The predicted octanol–water partition coefficient (Wildman–Crippen LogP) is 2.74. The molecule has 2 rings (SSSR count). The maximum Gasteiger partial charge on any atom is 0.338 e. The van der Waals surface area contributed by atoms with Crippen LogP contribution < -0.4 is 20.9 Å². The van der Waals surface area contributed by atoms with Crippen LogP contribution in [0, 0.1) is 12.3 Å². The van der Waals surface area contributed by atoms with Crippen molar-refractivity contribution in [2.45, 2.75) is 24.6 Å². The van der Waals surface area contributed by atoms with Crippen LogP contribution in [0.15, 0.2) is 18.2 Å². The van der Waals surface area contributed by atoms with Crippen molar-refractivity contribution >= 4 is 40.8 Å². The first-order chi connectivity index (χ1) is 10.2. The molecule has 1 aromatic rings. The van der Waals surface area contributed by atoms with E-state index in [-0.39, 0.29) is 0 Å². The van der Waals surface area contributed by atoms with Gasteiger partial charge in [0.2, 0.25) is 5.91 Å². The second kappa shape index (κ2) is 5.85. The zero-order valence-corrected chi connectivity index (χ0v) is 13.9. The molecule has 8 heteroatoms. The van der Waals surface area contributed by atoms with Crippen molar-refractivity contribution in [3.8, 4) is 5.75 Å². The molecule has 3 N–H and O–H groups in total. The third kappa shape index (κ3) is 3.23. The van der Waals surface area contributed by atoms with Gasteiger partial charge in [-0.15, -0.1) is 23.2 Å². The topological polar surface area (TPSA) is 79.5 Å². The van der Waals surface area contributed by atoms with Crippen LogP contribution in [0.5, 0.6) is 5.75 Å². The Bertz CT molecular complexity index is 621. The number of hydrogen-bond acceptors (Lipinski definition) is 3. The SMILES string of the molecule is COc1ccc(C)cc1NC(=O)NNC(=O)[C@@]1(C)CC1(Cl)Cl. The van der Waals surface area contributed by atoms with Gasteiger partial charge < -0.3 is 10.1 Å². The molecule has 1 fully saturated rings. The number of amides is 3. The second-order valence-electron chi connectivity index (χ2n) is 5.45. The van der Waals surface area contributed by atoms with E-state index < -0.39 is 21.7 Å². The van der Waals surface area contributed by atoms with Crippen molar-refractivity contribution in [2.24, 2.45) is 5.41 Å². The minimum atomic E-state index is -1.09. The summed E-state index contributed by atoms with van der Waals surface area (Å²) in [6.07, 6.45) is 0.337. The fourth-order valence-corrected chi connectivity index (χ4v) is 2.68. The normalized spacial score (nSPS) is 21.7.